The standard InChI is InChI=1S/C14H17ClN6/c1-10-9-21(6-5-16-10)13-12(15)7-11(8-19-13)20-14-17-3-2-4-18-14/h2-4,7-8,10,16H,5-6,9H2,1H3,(H,17,18,20). The van der Waals surface area contributed by atoms with E-state index in [9.17, 15) is 0 Å². The molecule has 1 saturated heterocycles. The molecule has 0 aromatic carbocycles. The second kappa shape index (κ2) is 6.24. The van der Waals surface area contributed by atoms with Gasteiger partial charge in [-0.3, -0.25) is 0 Å². The molecule has 0 spiro atoms. The monoisotopic (exact) mass is 304 g/mol. The second-order valence-corrected chi connectivity index (χ2v) is 5.44. The number of aromatic nitrogens is 3. The third-order valence-corrected chi connectivity index (χ3v) is 3.59. The summed E-state index contributed by atoms with van der Waals surface area (Å²) in [5.41, 5.74) is 0.776. The Morgan fingerprint density at radius 1 is 1.33 bits per heavy atom. The van der Waals surface area contributed by atoms with Gasteiger partial charge in [-0.2, -0.15) is 0 Å². The van der Waals surface area contributed by atoms with Gasteiger partial charge in [0.05, 0.1) is 16.9 Å². The molecule has 2 N–H and O–H groups in total. The molecule has 2 aromatic rings. The zero-order chi connectivity index (χ0) is 14.7. The Morgan fingerprint density at radius 3 is 2.86 bits per heavy atom. The maximum atomic E-state index is 6.37. The lowest BCUT2D eigenvalue weighted by Crippen LogP contribution is -2.49. The highest BCUT2D eigenvalue weighted by molar-refractivity contribution is 6.33. The van der Waals surface area contributed by atoms with Crippen LogP contribution in [0.25, 0.3) is 0 Å². The minimum absolute atomic E-state index is 0.437. The van der Waals surface area contributed by atoms with Gasteiger partial charge in [-0.05, 0) is 19.1 Å². The first-order valence-electron chi connectivity index (χ1n) is 6.90. The zero-order valence-electron chi connectivity index (χ0n) is 11.8. The molecule has 6 nitrogen and oxygen atoms in total. The summed E-state index contributed by atoms with van der Waals surface area (Å²) in [6.45, 7) is 4.91. The number of hydrogen-bond donors (Lipinski definition) is 2. The molecule has 0 bridgehead atoms. The summed E-state index contributed by atoms with van der Waals surface area (Å²) in [7, 11) is 0. The molecule has 2 aromatic heterocycles. The van der Waals surface area contributed by atoms with Crippen LogP contribution in [0.1, 0.15) is 6.92 Å². The van der Waals surface area contributed by atoms with Gasteiger partial charge in [0, 0.05) is 38.1 Å². The fourth-order valence-corrected chi connectivity index (χ4v) is 2.64. The van der Waals surface area contributed by atoms with E-state index in [4.69, 9.17) is 11.6 Å². The third-order valence-electron chi connectivity index (χ3n) is 3.31. The molecule has 1 atom stereocenters. The molecule has 0 radical (unpaired) electrons. The van der Waals surface area contributed by atoms with E-state index in [2.05, 4.69) is 37.4 Å². The fraction of sp³-hybridized carbons (Fsp3) is 0.357. The first kappa shape index (κ1) is 14.0. The van der Waals surface area contributed by atoms with Crippen molar-refractivity contribution < 1.29 is 0 Å². The smallest absolute Gasteiger partial charge is 0.227 e. The van der Waals surface area contributed by atoms with E-state index in [0.29, 0.717) is 17.0 Å². The molecule has 1 aliphatic rings. The maximum absolute atomic E-state index is 6.37. The van der Waals surface area contributed by atoms with Gasteiger partial charge >= 0.3 is 0 Å². The Kier molecular flexibility index (Phi) is 4.17. The van der Waals surface area contributed by atoms with Crippen molar-refractivity contribution in [3.8, 4) is 0 Å². The van der Waals surface area contributed by atoms with Crippen molar-refractivity contribution in [3.05, 3.63) is 35.7 Å². The van der Waals surface area contributed by atoms with Crippen LogP contribution in [0.3, 0.4) is 0 Å². The van der Waals surface area contributed by atoms with E-state index >= 15 is 0 Å². The van der Waals surface area contributed by atoms with Crippen LogP contribution in [0, 0.1) is 0 Å². The molecule has 1 unspecified atom stereocenters. The number of nitrogens with zero attached hydrogens (tertiary/aromatic N) is 4. The highest BCUT2D eigenvalue weighted by atomic mass is 35.5. The van der Waals surface area contributed by atoms with Crippen molar-refractivity contribution >= 4 is 29.1 Å². The Hall–Kier alpha value is -1.92. The second-order valence-electron chi connectivity index (χ2n) is 5.03. The summed E-state index contributed by atoms with van der Waals surface area (Å²) in [5.74, 6) is 1.35. The minimum Gasteiger partial charge on any atom is -0.353 e. The average molecular weight is 305 g/mol. The Bertz CT molecular complexity index is 606. The molecule has 110 valence electrons. The van der Waals surface area contributed by atoms with Crippen molar-refractivity contribution in [1.82, 2.24) is 20.3 Å². The van der Waals surface area contributed by atoms with Gasteiger partial charge in [-0.1, -0.05) is 11.6 Å². The van der Waals surface area contributed by atoms with Crippen LogP contribution in [-0.2, 0) is 0 Å². The predicted octanol–water partition coefficient (Wildman–Crippen LogP) is 2.07. The molecule has 0 saturated carbocycles. The summed E-state index contributed by atoms with van der Waals surface area (Å²) in [6, 6.07) is 4.06. The number of pyridine rings is 1. The van der Waals surface area contributed by atoms with E-state index in [-0.39, 0.29) is 0 Å². The van der Waals surface area contributed by atoms with Crippen LogP contribution in [-0.4, -0.2) is 40.6 Å². The predicted molar refractivity (Wildman–Crippen MR) is 84.2 cm³/mol. The normalized spacial score (nSPS) is 18.6. The van der Waals surface area contributed by atoms with E-state index < -0.39 is 0 Å². The molecule has 3 heterocycles. The summed E-state index contributed by atoms with van der Waals surface area (Å²) in [5, 5.41) is 7.12. The Morgan fingerprint density at radius 2 is 2.14 bits per heavy atom. The summed E-state index contributed by atoms with van der Waals surface area (Å²) >= 11 is 6.37. The summed E-state index contributed by atoms with van der Waals surface area (Å²) in [4.78, 5) is 14.9. The molecule has 0 amide bonds. The average Bonchev–Trinajstić information content (AvgIpc) is 2.48. The van der Waals surface area contributed by atoms with E-state index in [1.807, 2.05) is 6.07 Å². The quantitative estimate of drug-likeness (QED) is 0.905. The SMILES string of the molecule is CC1CN(c2ncc(Nc3ncccn3)cc2Cl)CCN1. The topological polar surface area (TPSA) is 66.0 Å². The molecule has 21 heavy (non-hydrogen) atoms. The minimum atomic E-state index is 0.437. The molecular weight excluding hydrogens is 288 g/mol. The van der Waals surface area contributed by atoms with E-state index in [1.54, 1.807) is 24.7 Å². The largest absolute Gasteiger partial charge is 0.353 e. The number of piperazine rings is 1. The van der Waals surface area contributed by atoms with Crippen LogP contribution in [0.5, 0.6) is 0 Å². The molecular formula is C14H17ClN6. The van der Waals surface area contributed by atoms with Crippen molar-refractivity contribution in [2.24, 2.45) is 0 Å². The fourth-order valence-electron chi connectivity index (χ4n) is 2.35. The lowest BCUT2D eigenvalue weighted by molar-refractivity contribution is 0.482. The van der Waals surface area contributed by atoms with Crippen LogP contribution >= 0.6 is 11.6 Å². The molecule has 1 fully saturated rings. The first-order chi connectivity index (χ1) is 10.2. The number of nitrogens with one attached hydrogen (secondary N) is 2. The maximum Gasteiger partial charge on any atom is 0.227 e. The van der Waals surface area contributed by atoms with Gasteiger partial charge in [-0.25, -0.2) is 15.0 Å². The summed E-state index contributed by atoms with van der Waals surface area (Å²) in [6.07, 6.45) is 5.12. The van der Waals surface area contributed by atoms with Gasteiger partial charge in [0.2, 0.25) is 5.95 Å². The van der Waals surface area contributed by atoms with Crippen molar-refractivity contribution in [1.29, 1.82) is 0 Å². The van der Waals surface area contributed by atoms with Crippen molar-refractivity contribution in [2.45, 2.75) is 13.0 Å². The Labute approximate surface area is 128 Å². The van der Waals surface area contributed by atoms with Crippen LogP contribution in [0.2, 0.25) is 5.02 Å². The van der Waals surface area contributed by atoms with Crippen molar-refractivity contribution in [2.75, 3.05) is 29.9 Å². The van der Waals surface area contributed by atoms with E-state index in [1.165, 1.54) is 0 Å². The van der Waals surface area contributed by atoms with Crippen molar-refractivity contribution in [3.63, 3.8) is 0 Å². The highest BCUT2D eigenvalue weighted by Crippen LogP contribution is 2.27. The number of anilines is 3. The molecule has 7 heteroatoms. The molecule has 3 rings (SSSR count). The van der Waals surface area contributed by atoms with Gasteiger partial charge in [-0.15, -0.1) is 0 Å². The number of halogens is 1. The zero-order valence-corrected chi connectivity index (χ0v) is 12.5. The molecule has 0 aliphatic carbocycles. The first-order valence-corrected chi connectivity index (χ1v) is 7.28. The number of hydrogen-bond acceptors (Lipinski definition) is 6. The van der Waals surface area contributed by atoms with Crippen LogP contribution in [0.4, 0.5) is 17.5 Å². The molecule has 1 aliphatic heterocycles. The van der Waals surface area contributed by atoms with Gasteiger partial charge in [0.25, 0.3) is 0 Å². The van der Waals surface area contributed by atoms with Gasteiger partial charge in [0.1, 0.15) is 5.82 Å². The number of rotatable bonds is 3. The lowest BCUT2D eigenvalue weighted by atomic mass is 10.2. The third kappa shape index (κ3) is 3.40. The summed E-state index contributed by atoms with van der Waals surface area (Å²) < 4.78 is 0. The van der Waals surface area contributed by atoms with Gasteiger partial charge < -0.3 is 15.5 Å². The van der Waals surface area contributed by atoms with Crippen LogP contribution < -0.4 is 15.5 Å². The van der Waals surface area contributed by atoms with E-state index in [0.717, 1.165) is 31.1 Å². The highest BCUT2D eigenvalue weighted by Gasteiger charge is 2.19. The van der Waals surface area contributed by atoms with Gasteiger partial charge in [0.15, 0.2) is 0 Å². The van der Waals surface area contributed by atoms with Crippen LogP contribution in [0.15, 0.2) is 30.7 Å². The lowest BCUT2D eigenvalue weighted by Gasteiger charge is -2.33. The Balaban J connectivity index is 1.76.